The Morgan fingerprint density at radius 1 is 1.12 bits per heavy atom. The molecule has 1 saturated heterocycles. The quantitative estimate of drug-likeness (QED) is 0.536. The molecule has 1 aliphatic heterocycles. The summed E-state index contributed by atoms with van der Waals surface area (Å²) in [5.74, 6) is 0.623. The number of methoxy groups -OCH3 is 1. The number of carbonyl (C=O) groups excluding carboxylic acids is 1. The van der Waals surface area contributed by atoms with E-state index in [1.54, 1.807) is 29.5 Å². The molecule has 3 aromatic rings. The average Bonchev–Trinajstić information content (AvgIpc) is 3.23. The van der Waals surface area contributed by atoms with Crippen LogP contribution in [0.5, 0.6) is 11.5 Å². The van der Waals surface area contributed by atoms with E-state index < -0.39 is 0 Å². The normalized spacial score (nSPS) is 14.4. The van der Waals surface area contributed by atoms with Crippen molar-refractivity contribution in [1.29, 1.82) is 0 Å². The van der Waals surface area contributed by atoms with E-state index in [9.17, 15) is 9.18 Å². The van der Waals surface area contributed by atoms with Gasteiger partial charge in [-0.1, -0.05) is 6.07 Å². The van der Waals surface area contributed by atoms with E-state index in [2.05, 4.69) is 9.88 Å². The number of thiazole rings is 1. The van der Waals surface area contributed by atoms with Crippen LogP contribution in [0, 0.1) is 12.7 Å². The number of ether oxygens (including phenoxy) is 2. The van der Waals surface area contributed by atoms with Crippen LogP contribution in [0.4, 0.5) is 4.39 Å². The van der Waals surface area contributed by atoms with E-state index in [4.69, 9.17) is 9.47 Å². The number of hydrogen-bond donors (Lipinski definition) is 0. The van der Waals surface area contributed by atoms with Crippen molar-refractivity contribution in [2.45, 2.75) is 20.1 Å². The van der Waals surface area contributed by atoms with E-state index in [0.29, 0.717) is 37.6 Å². The van der Waals surface area contributed by atoms with Gasteiger partial charge in [-0.15, -0.1) is 11.3 Å². The number of hydrogen-bond acceptors (Lipinski definition) is 6. The van der Waals surface area contributed by atoms with Crippen molar-refractivity contribution in [1.82, 2.24) is 14.8 Å². The van der Waals surface area contributed by atoms with E-state index in [1.807, 2.05) is 35.4 Å². The number of aromatic nitrogens is 1. The molecule has 6 nitrogen and oxygen atoms in total. The van der Waals surface area contributed by atoms with Crippen LogP contribution in [0.25, 0.3) is 0 Å². The number of nitrogens with zero attached hydrogens (tertiary/aromatic N) is 3. The Balaban J connectivity index is 1.27. The van der Waals surface area contributed by atoms with Crippen LogP contribution in [-0.4, -0.2) is 54.0 Å². The number of aryl methyl sites for hydroxylation is 1. The summed E-state index contributed by atoms with van der Waals surface area (Å²) in [4.78, 5) is 21.3. The second-order valence-corrected chi connectivity index (χ2v) is 8.77. The van der Waals surface area contributed by atoms with Crippen LogP contribution in [-0.2, 0) is 13.2 Å². The molecule has 0 aliphatic carbocycles. The Morgan fingerprint density at radius 2 is 1.88 bits per heavy atom. The fourth-order valence-corrected chi connectivity index (χ4v) is 4.28. The largest absolute Gasteiger partial charge is 0.494 e. The summed E-state index contributed by atoms with van der Waals surface area (Å²) in [5, 5.41) is 3.00. The monoisotopic (exact) mass is 455 g/mol. The molecule has 2 heterocycles. The second kappa shape index (κ2) is 10.1. The Hall–Kier alpha value is -2.97. The zero-order valence-corrected chi connectivity index (χ0v) is 19.0. The molecular formula is C24H26FN3O3S. The van der Waals surface area contributed by atoms with Gasteiger partial charge in [0.05, 0.1) is 17.8 Å². The topological polar surface area (TPSA) is 54.9 Å². The number of carbonyl (C=O) groups is 1. The molecule has 1 fully saturated rings. The van der Waals surface area contributed by atoms with Gasteiger partial charge in [-0.05, 0) is 48.9 Å². The van der Waals surface area contributed by atoms with Gasteiger partial charge in [0.15, 0.2) is 11.6 Å². The molecule has 0 N–H and O–H groups in total. The minimum Gasteiger partial charge on any atom is -0.494 e. The smallest absolute Gasteiger partial charge is 0.253 e. The summed E-state index contributed by atoms with van der Waals surface area (Å²) in [7, 11) is 1.46. The van der Waals surface area contributed by atoms with Crippen molar-refractivity contribution in [3.63, 3.8) is 0 Å². The van der Waals surface area contributed by atoms with Gasteiger partial charge in [0.25, 0.3) is 5.91 Å². The van der Waals surface area contributed by atoms with Gasteiger partial charge in [-0.2, -0.15) is 0 Å². The first-order valence-electron chi connectivity index (χ1n) is 10.5. The minimum atomic E-state index is -0.354. The molecule has 168 valence electrons. The highest BCUT2D eigenvalue weighted by molar-refractivity contribution is 7.09. The zero-order chi connectivity index (χ0) is 22.5. The lowest BCUT2D eigenvalue weighted by atomic mass is 10.1. The van der Waals surface area contributed by atoms with Gasteiger partial charge < -0.3 is 14.4 Å². The van der Waals surface area contributed by atoms with Crippen LogP contribution < -0.4 is 9.47 Å². The molecule has 8 heteroatoms. The first-order valence-corrected chi connectivity index (χ1v) is 11.4. The average molecular weight is 456 g/mol. The van der Waals surface area contributed by atoms with Crippen molar-refractivity contribution in [3.05, 3.63) is 75.5 Å². The van der Waals surface area contributed by atoms with Crippen molar-refractivity contribution in [2.75, 3.05) is 33.3 Å². The third-order valence-electron chi connectivity index (χ3n) is 5.44. The number of amides is 1. The molecule has 0 spiro atoms. The molecule has 1 aromatic heterocycles. The predicted octanol–water partition coefficient (Wildman–Crippen LogP) is 4.14. The van der Waals surface area contributed by atoms with Crippen LogP contribution in [0.3, 0.4) is 0 Å². The van der Waals surface area contributed by atoms with Crippen LogP contribution in [0.1, 0.15) is 26.6 Å². The predicted molar refractivity (Wildman–Crippen MR) is 122 cm³/mol. The molecule has 4 rings (SSSR count). The zero-order valence-electron chi connectivity index (χ0n) is 18.2. The lowest BCUT2D eigenvalue weighted by molar-refractivity contribution is 0.0628. The molecular weight excluding hydrogens is 429 g/mol. The summed E-state index contributed by atoms with van der Waals surface area (Å²) >= 11 is 1.60. The van der Waals surface area contributed by atoms with Crippen LogP contribution in [0.2, 0.25) is 0 Å². The maximum Gasteiger partial charge on any atom is 0.253 e. The van der Waals surface area contributed by atoms with E-state index in [1.165, 1.54) is 13.2 Å². The SMILES string of the molecule is COc1ccc(CN2CCN(C(=O)c3ccc(OCc4csc(C)n4)cc3)CC2)cc1F. The molecule has 0 atom stereocenters. The Morgan fingerprint density at radius 3 is 2.50 bits per heavy atom. The maximum atomic E-state index is 13.9. The fraction of sp³-hybridized carbons (Fsp3) is 0.333. The molecule has 2 aromatic carbocycles. The summed E-state index contributed by atoms with van der Waals surface area (Å²) in [6.07, 6.45) is 0. The number of halogens is 1. The Labute approximate surface area is 191 Å². The molecule has 1 aliphatic rings. The van der Waals surface area contributed by atoms with Gasteiger partial charge in [0, 0.05) is 43.7 Å². The van der Waals surface area contributed by atoms with Gasteiger partial charge in [-0.25, -0.2) is 9.37 Å². The summed E-state index contributed by atoms with van der Waals surface area (Å²) in [5.41, 5.74) is 2.45. The second-order valence-electron chi connectivity index (χ2n) is 7.71. The van der Waals surface area contributed by atoms with E-state index >= 15 is 0 Å². The molecule has 32 heavy (non-hydrogen) atoms. The van der Waals surface area contributed by atoms with E-state index in [0.717, 1.165) is 29.4 Å². The minimum absolute atomic E-state index is 0.0156. The van der Waals surface area contributed by atoms with Crippen molar-refractivity contribution in [3.8, 4) is 11.5 Å². The summed E-state index contributed by atoms with van der Waals surface area (Å²) < 4.78 is 24.6. The number of piperazine rings is 1. The lowest BCUT2D eigenvalue weighted by Gasteiger charge is -2.34. The third kappa shape index (κ3) is 5.44. The van der Waals surface area contributed by atoms with Gasteiger partial charge in [0.2, 0.25) is 0 Å². The van der Waals surface area contributed by atoms with E-state index in [-0.39, 0.29) is 17.5 Å². The van der Waals surface area contributed by atoms with Gasteiger partial charge >= 0.3 is 0 Å². The highest BCUT2D eigenvalue weighted by atomic mass is 32.1. The third-order valence-corrected chi connectivity index (χ3v) is 6.26. The first kappa shape index (κ1) is 22.2. The maximum absolute atomic E-state index is 13.9. The number of rotatable bonds is 7. The molecule has 0 bridgehead atoms. The van der Waals surface area contributed by atoms with Gasteiger partial charge in [-0.3, -0.25) is 9.69 Å². The molecule has 0 saturated carbocycles. The Kier molecular flexibility index (Phi) is 7.02. The fourth-order valence-electron chi connectivity index (χ4n) is 3.68. The van der Waals surface area contributed by atoms with Crippen molar-refractivity contribution < 1.29 is 18.7 Å². The highest BCUT2D eigenvalue weighted by Gasteiger charge is 2.22. The van der Waals surface area contributed by atoms with Crippen molar-refractivity contribution >= 4 is 17.2 Å². The highest BCUT2D eigenvalue weighted by Crippen LogP contribution is 2.20. The van der Waals surface area contributed by atoms with Crippen LogP contribution >= 0.6 is 11.3 Å². The molecule has 1 amide bonds. The lowest BCUT2D eigenvalue weighted by Crippen LogP contribution is -2.48. The van der Waals surface area contributed by atoms with Gasteiger partial charge in [0.1, 0.15) is 12.4 Å². The first-order chi connectivity index (χ1) is 15.5. The summed E-state index contributed by atoms with van der Waals surface area (Å²) in [6, 6.07) is 12.3. The molecule has 0 radical (unpaired) electrons. The van der Waals surface area contributed by atoms with Crippen LogP contribution in [0.15, 0.2) is 47.8 Å². The number of benzene rings is 2. The standard InChI is InChI=1S/C24H26FN3O3S/c1-17-26-20(16-32-17)15-31-21-6-4-19(5-7-21)24(29)28-11-9-27(10-12-28)14-18-3-8-23(30-2)22(25)13-18/h3-8,13,16H,9-12,14-15H2,1-2H3. The Bertz CT molecular complexity index is 1060. The van der Waals surface area contributed by atoms with Crippen molar-refractivity contribution in [2.24, 2.45) is 0 Å². The molecule has 0 unspecified atom stereocenters. The summed E-state index contributed by atoms with van der Waals surface area (Å²) in [6.45, 7) is 5.79.